The summed E-state index contributed by atoms with van der Waals surface area (Å²) in [6.07, 6.45) is 23.4. The van der Waals surface area contributed by atoms with E-state index in [9.17, 15) is 0 Å². The topological polar surface area (TPSA) is 0 Å². The molecule has 0 aromatic carbocycles. The number of hydrogen-bond donors (Lipinski definition) is 0. The fraction of sp³-hybridized carbons (Fsp3) is 0.833. The van der Waals surface area contributed by atoms with Gasteiger partial charge in [-0.2, -0.15) is 0 Å². The van der Waals surface area contributed by atoms with Crippen molar-refractivity contribution in [3.05, 3.63) is 20.3 Å². The van der Waals surface area contributed by atoms with Gasteiger partial charge in [0.25, 0.3) is 0 Å². The van der Waals surface area contributed by atoms with Gasteiger partial charge in [-0.1, -0.05) is 100 Å². The minimum Gasteiger partial charge on any atom is -0.133 e. The average molecular weight is 522 g/mol. The van der Waals surface area contributed by atoms with Gasteiger partial charge in [-0.15, -0.1) is 11.3 Å². The van der Waals surface area contributed by atoms with E-state index in [1.165, 1.54) is 113 Å². The van der Waals surface area contributed by atoms with E-state index in [0.29, 0.717) is 0 Å². The van der Waals surface area contributed by atoms with Crippen molar-refractivity contribution < 1.29 is 0 Å². The second kappa shape index (κ2) is 17.5. The first-order valence-corrected chi connectivity index (χ1v) is 14.1. The van der Waals surface area contributed by atoms with Crippen molar-refractivity contribution in [1.29, 1.82) is 0 Å². The van der Waals surface area contributed by atoms with E-state index < -0.39 is 0 Å². The van der Waals surface area contributed by atoms with E-state index in [1.54, 1.807) is 10.4 Å². The number of hydrogen-bond acceptors (Lipinski definition) is 1. The highest BCUT2D eigenvalue weighted by Crippen LogP contribution is 2.30. The van der Waals surface area contributed by atoms with Crippen LogP contribution in [0.5, 0.6) is 0 Å². The first-order chi connectivity index (χ1) is 13.2. The summed E-state index contributed by atoms with van der Waals surface area (Å²) in [5, 5.41) is 0. The quantitative estimate of drug-likeness (QED) is 0.133. The number of rotatable bonds is 18. The van der Waals surface area contributed by atoms with Crippen LogP contribution in [0.4, 0.5) is 0 Å². The summed E-state index contributed by atoms with van der Waals surface area (Å²) in [6, 6.07) is 2.39. The van der Waals surface area contributed by atoms with Crippen molar-refractivity contribution in [2.24, 2.45) is 0 Å². The molecule has 0 fully saturated rings. The minimum absolute atomic E-state index is 0.744. The number of aryl methyl sites for hydroxylation is 2. The van der Waals surface area contributed by atoms with Gasteiger partial charge in [0.1, 0.15) is 0 Å². The lowest BCUT2D eigenvalue weighted by molar-refractivity contribution is 0.574. The lowest BCUT2D eigenvalue weighted by Gasteiger charge is -2.08. The zero-order valence-corrected chi connectivity index (χ0v) is 21.8. The lowest BCUT2D eigenvalue weighted by atomic mass is 10.0. The third kappa shape index (κ3) is 13.5. The summed E-state index contributed by atoms with van der Waals surface area (Å²) in [5.41, 5.74) is 1.62. The average Bonchev–Trinajstić information content (AvgIpc) is 3.00. The highest BCUT2D eigenvalue weighted by atomic mass is 79.9. The Bertz CT molecular complexity index is 455. The van der Waals surface area contributed by atoms with Gasteiger partial charge in [0.05, 0.1) is 3.79 Å². The molecule has 0 N–H and O–H groups in total. The van der Waals surface area contributed by atoms with E-state index in [1.807, 2.05) is 11.3 Å². The van der Waals surface area contributed by atoms with Crippen molar-refractivity contribution in [1.82, 2.24) is 0 Å². The third-order valence-electron chi connectivity index (χ3n) is 5.44. The predicted octanol–water partition coefficient (Wildman–Crippen LogP) is 10.3. The van der Waals surface area contributed by atoms with Crippen LogP contribution < -0.4 is 0 Å². The molecule has 1 atom stereocenters. The maximum atomic E-state index is 3.80. The highest BCUT2D eigenvalue weighted by molar-refractivity contribution is 9.11. The number of unbranched alkanes of at least 4 members (excludes halogenated alkanes) is 10. The molecule has 0 nitrogen and oxygen atoms in total. The van der Waals surface area contributed by atoms with Gasteiger partial charge < -0.3 is 0 Å². The molecule has 1 heterocycles. The van der Waals surface area contributed by atoms with Crippen molar-refractivity contribution in [2.45, 2.75) is 128 Å². The van der Waals surface area contributed by atoms with Gasteiger partial charge in [0.15, 0.2) is 0 Å². The van der Waals surface area contributed by atoms with Gasteiger partial charge in [0.2, 0.25) is 0 Å². The molecule has 0 bridgehead atoms. The van der Waals surface area contributed by atoms with Crippen LogP contribution in [0.2, 0.25) is 0 Å². The Morgan fingerprint density at radius 1 is 0.741 bits per heavy atom. The zero-order chi connectivity index (χ0) is 19.7. The normalized spacial score (nSPS) is 12.6. The molecular weight excluding hydrogens is 480 g/mol. The van der Waals surface area contributed by atoms with Crippen molar-refractivity contribution in [3.8, 4) is 0 Å². The molecule has 0 radical (unpaired) electrons. The molecule has 0 amide bonds. The Balaban J connectivity index is 2.12. The van der Waals surface area contributed by atoms with Crippen molar-refractivity contribution in [3.63, 3.8) is 0 Å². The van der Waals surface area contributed by atoms with Crippen molar-refractivity contribution >= 4 is 43.2 Å². The third-order valence-corrected chi connectivity index (χ3v) is 8.10. The lowest BCUT2D eigenvalue weighted by Crippen LogP contribution is -1.96. The first kappa shape index (κ1) is 25.7. The zero-order valence-electron chi connectivity index (χ0n) is 17.8. The number of halogens is 2. The van der Waals surface area contributed by atoms with Crippen LogP contribution >= 0.6 is 43.2 Å². The number of thiophene rings is 1. The summed E-state index contributed by atoms with van der Waals surface area (Å²) < 4.78 is 1.33. The monoisotopic (exact) mass is 520 g/mol. The Hall–Kier alpha value is 0.660. The molecule has 0 aliphatic rings. The smallest absolute Gasteiger partial charge is 0.0704 e. The van der Waals surface area contributed by atoms with Crippen LogP contribution in [-0.4, -0.2) is 4.83 Å². The summed E-state index contributed by atoms with van der Waals surface area (Å²) in [7, 11) is 0. The molecule has 0 saturated carbocycles. The minimum atomic E-state index is 0.744. The van der Waals surface area contributed by atoms with E-state index in [2.05, 4.69) is 51.8 Å². The molecule has 27 heavy (non-hydrogen) atoms. The van der Waals surface area contributed by atoms with Gasteiger partial charge in [-0.25, -0.2) is 0 Å². The molecule has 158 valence electrons. The van der Waals surface area contributed by atoms with E-state index in [-0.39, 0.29) is 0 Å². The molecule has 0 spiro atoms. The largest absolute Gasteiger partial charge is 0.133 e. The number of alkyl halides is 1. The van der Waals surface area contributed by atoms with Gasteiger partial charge >= 0.3 is 0 Å². The predicted molar refractivity (Wildman–Crippen MR) is 133 cm³/mol. The first-order valence-electron chi connectivity index (χ1n) is 11.6. The van der Waals surface area contributed by atoms with Gasteiger partial charge in [-0.3, -0.25) is 0 Å². The van der Waals surface area contributed by atoms with Crippen LogP contribution in [0.15, 0.2) is 9.85 Å². The maximum absolute atomic E-state index is 3.80. The summed E-state index contributed by atoms with van der Waals surface area (Å²) in [5.74, 6) is 0. The molecule has 3 heteroatoms. The van der Waals surface area contributed by atoms with Crippen LogP contribution in [-0.2, 0) is 12.8 Å². The van der Waals surface area contributed by atoms with E-state index in [0.717, 1.165) is 4.83 Å². The van der Waals surface area contributed by atoms with Crippen molar-refractivity contribution in [2.75, 3.05) is 0 Å². The van der Waals surface area contributed by atoms with Crippen LogP contribution in [0.25, 0.3) is 0 Å². The second-order valence-electron chi connectivity index (χ2n) is 8.06. The molecule has 0 aliphatic carbocycles. The Kier molecular flexibility index (Phi) is 16.7. The standard InChI is InChI=1S/C24H42Br2S/c1-3-5-6-7-8-9-10-15-19-23-21(20-24(26)27-23)17-13-11-12-14-18-22(25)16-4-2/h20,22H,3-19H2,1-2H3. The molecular formula is C24H42Br2S. The van der Waals surface area contributed by atoms with Crippen LogP contribution in [0.3, 0.4) is 0 Å². The van der Waals surface area contributed by atoms with E-state index in [4.69, 9.17) is 0 Å². The SMILES string of the molecule is CCCCCCCCCCc1sc(Br)cc1CCCCCCC(Br)CCC. The second-order valence-corrected chi connectivity index (χ2v) is 11.9. The summed E-state index contributed by atoms with van der Waals surface area (Å²) in [4.78, 5) is 2.39. The fourth-order valence-corrected chi connectivity index (χ4v) is 6.38. The Labute approximate surface area is 190 Å². The molecule has 1 aromatic rings. The molecule has 0 aliphatic heterocycles. The Morgan fingerprint density at radius 2 is 1.33 bits per heavy atom. The summed E-state index contributed by atoms with van der Waals surface area (Å²) >= 11 is 9.50. The maximum Gasteiger partial charge on any atom is 0.0704 e. The van der Waals surface area contributed by atoms with E-state index >= 15 is 0 Å². The molecule has 1 unspecified atom stereocenters. The summed E-state index contributed by atoms with van der Waals surface area (Å²) in [6.45, 7) is 4.57. The van der Waals surface area contributed by atoms with Gasteiger partial charge in [0, 0.05) is 9.70 Å². The molecule has 0 saturated heterocycles. The fourth-order valence-electron chi connectivity index (χ4n) is 3.77. The van der Waals surface area contributed by atoms with Crippen LogP contribution in [0.1, 0.15) is 121 Å². The van der Waals surface area contributed by atoms with Crippen LogP contribution in [0, 0.1) is 0 Å². The highest BCUT2D eigenvalue weighted by Gasteiger charge is 2.08. The molecule has 1 aromatic heterocycles. The van der Waals surface area contributed by atoms with Gasteiger partial charge in [-0.05, 0) is 66.1 Å². The Morgan fingerprint density at radius 3 is 2.00 bits per heavy atom. The molecule has 1 rings (SSSR count).